The summed E-state index contributed by atoms with van der Waals surface area (Å²) >= 11 is 0. The summed E-state index contributed by atoms with van der Waals surface area (Å²) in [6, 6.07) is 3.74. The quantitative estimate of drug-likeness (QED) is 0.129. The van der Waals surface area contributed by atoms with Crippen LogP contribution in [0.3, 0.4) is 0 Å². The topological polar surface area (TPSA) is 136 Å². The SMILES string of the molecule is CCCCOC(=O)Oc1ccc(C[C@H](NCCOC(=O)C(C)CC)C(=O)OC)cc1OC(=O)OCCCC. The second kappa shape index (κ2) is 18.8. The van der Waals surface area contributed by atoms with E-state index >= 15 is 0 Å². The number of carbonyl (C=O) groups excluding carboxylic acids is 4. The smallest absolute Gasteiger partial charge is 0.468 e. The Morgan fingerprint density at radius 1 is 0.816 bits per heavy atom. The third-order valence-electron chi connectivity index (χ3n) is 5.51. The van der Waals surface area contributed by atoms with Crippen LogP contribution in [0.4, 0.5) is 9.59 Å². The summed E-state index contributed by atoms with van der Waals surface area (Å²) < 4.78 is 30.7. The number of benzene rings is 1. The van der Waals surface area contributed by atoms with Crippen molar-refractivity contribution in [2.24, 2.45) is 5.92 Å². The molecule has 1 N–H and O–H groups in total. The fraction of sp³-hybridized carbons (Fsp3) is 0.630. The van der Waals surface area contributed by atoms with Gasteiger partial charge in [-0.2, -0.15) is 0 Å². The van der Waals surface area contributed by atoms with Crippen molar-refractivity contribution in [3.63, 3.8) is 0 Å². The summed E-state index contributed by atoms with van der Waals surface area (Å²) in [6.07, 6.45) is 1.95. The lowest BCUT2D eigenvalue weighted by Crippen LogP contribution is -2.41. The van der Waals surface area contributed by atoms with E-state index in [2.05, 4.69) is 5.32 Å². The Morgan fingerprint density at radius 2 is 1.42 bits per heavy atom. The molecule has 0 saturated carbocycles. The molecule has 0 aromatic heterocycles. The molecular weight excluding hydrogens is 498 g/mol. The molecule has 0 aliphatic rings. The van der Waals surface area contributed by atoms with E-state index in [1.807, 2.05) is 20.8 Å². The van der Waals surface area contributed by atoms with Gasteiger partial charge in [0.1, 0.15) is 12.6 Å². The average Bonchev–Trinajstić information content (AvgIpc) is 2.90. The van der Waals surface area contributed by atoms with E-state index in [1.165, 1.54) is 19.2 Å². The first-order chi connectivity index (χ1) is 18.2. The molecule has 214 valence electrons. The predicted molar refractivity (Wildman–Crippen MR) is 138 cm³/mol. The Bertz CT molecular complexity index is 889. The van der Waals surface area contributed by atoms with Crippen LogP contribution in [0.1, 0.15) is 65.4 Å². The molecule has 0 spiro atoms. The zero-order valence-corrected chi connectivity index (χ0v) is 23.0. The molecule has 11 heteroatoms. The minimum absolute atomic E-state index is 0.0396. The number of rotatable bonds is 17. The van der Waals surface area contributed by atoms with Crippen molar-refractivity contribution in [2.45, 2.75) is 72.3 Å². The van der Waals surface area contributed by atoms with E-state index in [0.29, 0.717) is 24.8 Å². The van der Waals surface area contributed by atoms with Gasteiger partial charge in [0.05, 0.1) is 26.2 Å². The fourth-order valence-electron chi connectivity index (χ4n) is 2.99. The van der Waals surface area contributed by atoms with E-state index in [4.69, 9.17) is 28.4 Å². The molecule has 1 rings (SSSR count). The van der Waals surface area contributed by atoms with Crippen molar-refractivity contribution in [3.8, 4) is 11.5 Å². The lowest BCUT2D eigenvalue weighted by molar-refractivity contribution is -0.148. The van der Waals surface area contributed by atoms with Crippen LogP contribution in [0.2, 0.25) is 0 Å². The molecule has 0 amide bonds. The van der Waals surface area contributed by atoms with Gasteiger partial charge < -0.3 is 33.7 Å². The Hall–Kier alpha value is -3.34. The van der Waals surface area contributed by atoms with Gasteiger partial charge in [0, 0.05) is 6.54 Å². The molecule has 11 nitrogen and oxygen atoms in total. The van der Waals surface area contributed by atoms with Gasteiger partial charge in [-0.1, -0.05) is 46.6 Å². The summed E-state index contributed by atoms with van der Waals surface area (Å²) in [4.78, 5) is 48.5. The molecule has 0 heterocycles. The van der Waals surface area contributed by atoms with Crippen molar-refractivity contribution in [3.05, 3.63) is 23.8 Å². The maximum absolute atomic E-state index is 12.4. The van der Waals surface area contributed by atoms with Crippen LogP contribution < -0.4 is 14.8 Å². The molecule has 0 saturated heterocycles. The first-order valence-corrected chi connectivity index (χ1v) is 13.1. The highest BCUT2D eigenvalue weighted by atomic mass is 16.7. The highest BCUT2D eigenvalue weighted by Crippen LogP contribution is 2.30. The summed E-state index contributed by atoms with van der Waals surface area (Å²) in [5, 5.41) is 3.01. The second-order valence-electron chi connectivity index (χ2n) is 8.60. The number of nitrogens with one attached hydrogen (secondary N) is 1. The Labute approximate surface area is 224 Å². The minimum atomic E-state index is -0.953. The number of ether oxygens (including phenoxy) is 6. The second-order valence-corrected chi connectivity index (χ2v) is 8.60. The normalized spacial score (nSPS) is 12.1. The molecule has 38 heavy (non-hydrogen) atoms. The van der Waals surface area contributed by atoms with E-state index in [-0.39, 0.29) is 56.2 Å². The molecule has 1 aromatic carbocycles. The van der Waals surface area contributed by atoms with Crippen LogP contribution >= 0.6 is 0 Å². The molecule has 1 aromatic rings. The number of unbranched alkanes of at least 4 members (excludes halogenated alkanes) is 2. The number of esters is 2. The predicted octanol–water partition coefficient (Wildman–Crippen LogP) is 4.58. The summed E-state index contributed by atoms with van der Waals surface area (Å²) in [5.74, 6) is -1.15. The van der Waals surface area contributed by atoms with E-state index in [1.54, 1.807) is 13.0 Å². The maximum atomic E-state index is 12.4. The van der Waals surface area contributed by atoms with Gasteiger partial charge in [0.25, 0.3) is 0 Å². The van der Waals surface area contributed by atoms with Crippen molar-refractivity contribution in [1.82, 2.24) is 5.32 Å². The van der Waals surface area contributed by atoms with Crippen LogP contribution in [-0.4, -0.2) is 63.8 Å². The van der Waals surface area contributed by atoms with Crippen LogP contribution in [0.5, 0.6) is 11.5 Å². The number of methoxy groups -OCH3 is 1. The van der Waals surface area contributed by atoms with Gasteiger partial charge in [0.15, 0.2) is 11.5 Å². The molecule has 0 aliphatic carbocycles. The van der Waals surface area contributed by atoms with Crippen molar-refractivity contribution in [1.29, 1.82) is 0 Å². The van der Waals surface area contributed by atoms with Crippen LogP contribution in [-0.2, 0) is 35.0 Å². The standard InChI is InChI=1S/C27H41NO10/c1-6-9-14-35-26(31)37-22-12-11-20(18-23(22)38-27(32)36-15-10-7-2)17-21(25(30)33-5)28-13-16-34-24(29)19(4)8-3/h11-12,18-19,21,28H,6-10,13-17H2,1-5H3/t19?,21-/m0/s1. The third-order valence-corrected chi connectivity index (χ3v) is 5.51. The maximum Gasteiger partial charge on any atom is 0.513 e. The van der Waals surface area contributed by atoms with Crippen LogP contribution in [0, 0.1) is 5.92 Å². The Balaban J connectivity index is 2.96. The average molecular weight is 540 g/mol. The van der Waals surface area contributed by atoms with E-state index in [9.17, 15) is 19.2 Å². The molecule has 0 radical (unpaired) electrons. The molecule has 0 bridgehead atoms. The first kappa shape index (κ1) is 32.7. The zero-order valence-electron chi connectivity index (χ0n) is 23.0. The molecule has 0 fully saturated rings. The summed E-state index contributed by atoms with van der Waals surface area (Å²) in [7, 11) is 1.27. The molecule has 0 aliphatic heterocycles. The van der Waals surface area contributed by atoms with Gasteiger partial charge in [-0.25, -0.2) is 9.59 Å². The van der Waals surface area contributed by atoms with Gasteiger partial charge in [0.2, 0.25) is 0 Å². The van der Waals surface area contributed by atoms with Gasteiger partial charge >= 0.3 is 24.2 Å². The lowest BCUT2D eigenvalue weighted by atomic mass is 10.1. The number of hydrogen-bond acceptors (Lipinski definition) is 11. The Morgan fingerprint density at radius 3 is 1.97 bits per heavy atom. The van der Waals surface area contributed by atoms with E-state index < -0.39 is 24.3 Å². The highest BCUT2D eigenvalue weighted by Gasteiger charge is 2.22. The van der Waals surface area contributed by atoms with Crippen LogP contribution in [0.15, 0.2) is 18.2 Å². The van der Waals surface area contributed by atoms with Crippen molar-refractivity contribution in [2.75, 3.05) is 33.5 Å². The third kappa shape index (κ3) is 12.8. The highest BCUT2D eigenvalue weighted by molar-refractivity contribution is 5.76. The number of hydrogen-bond donors (Lipinski definition) is 1. The largest absolute Gasteiger partial charge is 0.513 e. The zero-order chi connectivity index (χ0) is 28.3. The summed E-state index contributed by atoms with van der Waals surface area (Å²) in [5.41, 5.74) is 0.576. The molecular formula is C27H41NO10. The van der Waals surface area contributed by atoms with Gasteiger partial charge in [-0.05, 0) is 43.4 Å². The molecule has 1 unspecified atom stereocenters. The monoisotopic (exact) mass is 539 g/mol. The van der Waals surface area contributed by atoms with Crippen molar-refractivity contribution >= 4 is 24.2 Å². The van der Waals surface area contributed by atoms with Gasteiger partial charge in [-0.3, -0.25) is 9.59 Å². The van der Waals surface area contributed by atoms with E-state index in [0.717, 1.165) is 12.8 Å². The fourth-order valence-corrected chi connectivity index (χ4v) is 2.99. The number of carbonyl (C=O) groups is 4. The van der Waals surface area contributed by atoms with Crippen molar-refractivity contribution < 1.29 is 47.6 Å². The summed E-state index contributed by atoms with van der Waals surface area (Å²) in [6.45, 7) is 8.27. The minimum Gasteiger partial charge on any atom is -0.468 e. The van der Waals surface area contributed by atoms with Gasteiger partial charge in [-0.15, -0.1) is 0 Å². The van der Waals surface area contributed by atoms with Crippen LogP contribution in [0.25, 0.3) is 0 Å². The first-order valence-electron chi connectivity index (χ1n) is 13.1. The Kier molecular flexibility index (Phi) is 16.2. The molecule has 2 atom stereocenters. The lowest BCUT2D eigenvalue weighted by Gasteiger charge is -2.18.